The van der Waals surface area contributed by atoms with Crippen molar-refractivity contribution in [1.29, 1.82) is 0 Å². The molecule has 136 valence electrons. The molecular weight excluding hydrogens is 314 g/mol. The Bertz CT molecular complexity index is 590. The lowest BCUT2D eigenvalue weighted by Crippen LogP contribution is -2.50. The van der Waals surface area contributed by atoms with Crippen molar-refractivity contribution in [2.45, 2.75) is 51.5 Å². The van der Waals surface area contributed by atoms with Gasteiger partial charge < -0.3 is 15.5 Å². The summed E-state index contributed by atoms with van der Waals surface area (Å²) >= 11 is 0. The van der Waals surface area contributed by atoms with Gasteiger partial charge in [0.15, 0.2) is 0 Å². The number of amides is 3. The van der Waals surface area contributed by atoms with Crippen molar-refractivity contribution < 1.29 is 9.59 Å². The normalized spacial score (nSPS) is 26.8. The third-order valence-corrected chi connectivity index (χ3v) is 5.54. The average Bonchev–Trinajstić information content (AvgIpc) is 2.64. The highest BCUT2D eigenvalue weighted by molar-refractivity contribution is 5.90. The predicted molar refractivity (Wildman–Crippen MR) is 99.3 cm³/mol. The minimum absolute atomic E-state index is 0.0931. The van der Waals surface area contributed by atoms with Crippen LogP contribution in [0.3, 0.4) is 0 Å². The van der Waals surface area contributed by atoms with Gasteiger partial charge in [0.1, 0.15) is 0 Å². The number of anilines is 1. The van der Waals surface area contributed by atoms with Crippen LogP contribution in [0.2, 0.25) is 0 Å². The zero-order chi connectivity index (χ0) is 17.6. The molecule has 0 aromatic heterocycles. The maximum Gasteiger partial charge on any atom is 0.321 e. The van der Waals surface area contributed by atoms with Crippen molar-refractivity contribution in [2.24, 2.45) is 11.8 Å². The van der Waals surface area contributed by atoms with E-state index < -0.39 is 0 Å². The molecule has 1 aromatic rings. The van der Waals surface area contributed by atoms with Gasteiger partial charge in [-0.3, -0.25) is 4.79 Å². The molecule has 5 heteroatoms. The summed E-state index contributed by atoms with van der Waals surface area (Å²) < 4.78 is 0. The zero-order valence-corrected chi connectivity index (χ0v) is 15.0. The summed E-state index contributed by atoms with van der Waals surface area (Å²) in [4.78, 5) is 26.9. The topological polar surface area (TPSA) is 61.4 Å². The van der Waals surface area contributed by atoms with E-state index in [9.17, 15) is 9.59 Å². The van der Waals surface area contributed by atoms with Crippen molar-refractivity contribution in [3.63, 3.8) is 0 Å². The molecule has 2 aliphatic rings. The van der Waals surface area contributed by atoms with Gasteiger partial charge in [0.25, 0.3) is 0 Å². The third kappa shape index (κ3) is 4.74. The van der Waals surface area contributed by atoms with Crippen molar-refractivity contribution in [2.75, 3.05) is 18.4 Å². The number of nitrogens with one attached hydrogen (secondary N) is 2. The van der Waals surface area contributed by atoms with E-state index in [0.717, 1.165) is 24.9 Å². The molecule has 1 aliphatic carbocycles. The molecule has 1 saturated heterocycles. The fourth-order valence-electron chi connectivity index (χ4n) is 3.93. The first-order valence-electron chi connectivity index (χ1n) is 9.55. The Kier molecular flexibility index (Phi) is 5.95. The van der Waals surface area contributed by atoms with E-state index in [1.165, 1.54) is 19.3 Å². The fourth-order valence-corrected chi connectivity index (χ4v) is 3.93. The Morgan fingerprint density at radius 3 is 2.56 bits per heavy atom. The zero-order valence-electron chi connectivity index (χ0n) is 15.0. The van der Waals surface area contributed by atoms with Crippen LogP contribution in [0.5, 0.6) is 0 Å². The van der Waals surface area contributed by atoms with Crippen LogP contribution >= 0.6 is 0 Å². The summed E-state index contributed by atoms with van der Waals surface area (Å²) in [5, 5.41) is 6.17. The van der Waals surface area contributed by atoms with Crippen LogP contribution in [-0.4, -0.2) is 36.0 Å². The number of piperidine rings is 1. The summed E-state index contributed by atoms with van der Waals surface area (Å²) in [5.74, 6) is 0.583. The monoisotopic (exact) mass is 343 g/mol. The van der Waals surface area contributed by atoms with Gasteiger partial charge in [0.05, 0.1) is 5.92 Å². The van der Waals surface area contributed by atoms with Crippen molar-refractivity contribution in [3.8, 4) is 0 Å². The molecule has 3 atom stereocenters. The molecule has 0 spiro atoms. The van der Waals surface area contributed by atoms with E-state index in [1.807, 2.05) is 30.3 Å². The lowest BCUT2D eigenvalue weighted by molar-refractivity contribution is -0.127. The van der Waals surface area contributed by atoms with Crippen LogP contribution in [0.1, 0.15) is 45.4 Å². The number of urea groups is 1. The molecule has 3 rings (SSSR count). The smallest absolute Gasteiger partial charge is 0.321 e. The Hall–Kier alpha value is -2.04. The highest BCUT2D eigenvalue weighted by atomic mass is 16.2. The van der Waals surface area contributed by atoms with Crippen molar-refractivity contribution in [3.05, 3.63) is 30.3 Å². The Labute approximate surface area is 150 Å². The second-order valence-electron chi connectivity index (χ2n) is 7.46. The molecule has 0 bridgehead atoms. The summed E-state index contributed by atoms with van der Waals surface area (Å²) in [6.45, 7) is 3.44. The highest BCUT2D eigenvalue weighted by Crippen LogP contribution is 2.25. The van der Waals surface area contributed by atoms with Gasteiger partial charge in [-0.1, -0.05) is 38.0 Å². The third-order valence-electron chi connectivity index (χ3n) is 5.54. The van der Waals surface area contributed by atoms with E-state index in [-0.39, 0.29) is 17.9 Å². The maximum atomic E-state index is 12.7. The van der Waals surface area contributed by atoms with Crippen LogP contribution < -0.4 is 10.6 Å². The highest BCUT2D eigenvalue weighted by Gasteiger charge is 2.31. The van der Waals surface area contributed by atoms with E-state index in [4.69, 9.17) is 0 Å². The van der Waals surface area contributed by atoms with Crippen LogP contribution in [0.25, 0.3) is 0 Å². The van der Waals surface area contributed by atoms with Gasteiger partial charge in [-0.2, -0.15) is 0 Å². The molecular formula is C20H29N3O2. The van der Waals surface area contributed by atoms with Gasteiger partial charge >= 0.3 is 6.03 Å². The Balaban J connectivity index is 1.53. The van der Waals surface area contributed by atoms with E-state index in [1.54, 1.807) is 4.90 Å². The summed E-state index contributed by atoms with van der Waals surface area (Å²) in [6.07, 6.45) is 6.48. The van der Waals surface area contributed by atoms with Gasteiger partial charge in [-0.15, -0.1) is 0 Å². The molecule has 2 fully saturated rings. The first-order valence-corrected chi connectivity index (χ1v) is 9.55. The van der Waals surface area contributed by atoms with E-state index in [0.29, 0.717) is 25.0 Å². The predicted octanol–water partition coefficient (Wildman–Crippen LogP) is 3.63. The summed E-state index contributed by atoms with van der Waals surface area (Å²) in [6, 6.07) is 9.64. The Morgan fingerprint density at radius 2 is 1.80 bits per heavy atom. The minimum atomic E-state index is -0.116. The molecule has 25 heavy (non-hydrogen) atoms. The number of hydrogen-bond donors (Lipinski definition) is 2. The van der Waals surface area contributed by atoms with Gasteiger partial charge in [-0.05, 0) is 43.7 Å². The molecule has 2 N–H and O–H groups in total. The summed E-state index contributed by atoms with van der Waals surface area (Å²) in [7, 11) is 0. The number of para-hydroxylation sites is 1. The molecule has 3 amide bonds. The number of nitrogens with zero attached hydrogens (tertiary/aromatic N) is 1. The molecule has 1 aliphatic heterocycles. The molecule has 1 saturated carbocycles. The number of likely N-dealkylation sites (tertiary alicyclic amines) is 1. The van der Waals surface area contributed by atoms with Gasteiger partial charge in [-0.25, -0.2) is 4.79 Å². The van der Waals surface area contributed by atoms with Crippen LogP contribution in [0.4, 0.5) is 10.5 Å². The first-order chi connectivity index (χ1) is 12.1. The standard InChI is InChI=1S/C20H29N3O2/c1-15-8-5-6-12-18(15)22-19(24)16-9-7-13-23(14-16)20(25)21-17-10-3-2-4-11-17/h2-4,10-11,15-16,18H,5-9,12-14H2,1H3,(H,21,25)(H,22,24)/t15-,16-,18+/m1/s1. The molecule has 1 aromatic carbocycles. The number of rotatable bonds is 3. The second kappa shape index (κ2) is 8.37. The summed E-state index contributed by atoms with van der Waals surface area (Å²) in [5.41, 5.74) is 0.787. The van der Waals surface area contributed by atoms with E-state index in [2.05, 4.69) is 17.6 Å². The minimum Gasteiger partial charge on any atom is -0.353 e. The number of carbonyl (C=O) groups is 2. The molecule has 0 unspecified atom stereocenters. The number of carbonyl (C=O) groups excluding carboxylic acids is 2. The Morgan fingerprint density at radius 1 is 1.04 bits per heavy atom. The SMILES string of the molecule is C[C@@H]1CCCC[C@@H]1NC(=O)[C@@H]1CCCN(C(=O)Nc2ccccc2)C1. The first kappa shape index (κ1) is 17.8. The van der Waals surface area contributed by atoms with Crippen LogP contribution in [0, 0.1) is 11.8 Å². The molecule has 5 nitrogen and oxygen atoms in total. The van der Waals surface area contributed by atoms with E-state index >= 15 is 0 Å². The van der Waals surface area contributed by atoms with Gasteiger partial charge in [0.2, 0.25) is 5.91 Å². The maximum absolute atomic E-state index is 12.7. The lowest BCUT2D eigenvalue weighted by atomic mass is 9.85. The molecule has 1 heterocycles. The molecule has 0 radical (unpaired) electrons. The van der Waals surface area contributed by atoms with Crippen molar-refractivity contribution in [1.82, 2.24) is 10.2 Å². The number of benzene rings is 1. The average molecular weight is 343 g/mol. The lowest BCUT2D eigenvalue weighted by Gasteiger charge is -2.35. The van der Waals surface area contributed by atoms with Crippen LogP contribution in [-0.2, 0) is 4.79 Å². The van der Waals surface area contributed by atoms with Gasteiger partial charge in [0, 0.05) is 24.8 Å². The second-order valence-corrected chi connectivity index (χ2v) is 7.46. The quantitative estimate of drug-likeness (QED) is 0.880. The van der Waals surface area contributed by atoms with Crippen LogP contribution in [0.15, 0.2) is 30.3 Å². The fraction of sp³-hybridized carbons (Fsp3) is 0.600. The largest absolute Gasteiger partial charge is 0.353 e. The number of hydrogen-bond acceptors (Lipinski definition) is 2. The van der Waals surface area contributed by atoms with Crippen molar-refractivity contribution >= 4 is 17.6 Å².